The van der Waals surface area contributed by atoms with Gasteiger partial charge in [0.1, 0.15) is 24.7 Å². The van der Waals surface area contributed by atoms with Gasteiger partial charge in [0, 0.05) is 0 Å². The van der Waals surface area contributed by atoms with Crippen LogP contribution in [-0.2, 0) is 9.59 Å². The zero-order chi connectivity index (χ0) is 9.40. The highest BCUT2D eigenvalue weighted by molar-refractivity contribution is 5.59. The lowest BCUT2D eigenvalue weighted by molar-refractivity contribution is -0.111. The van der Waals surface area contributed by atoms with E-state index in [1.807, 2.05) is 0 Å². The van der Waals surface area contributed by atoms with E-state index in [9.17, 15) is 9.59 Å². The summed E-state index contributed by atoms with van der Waals surface area (Å²) in [5.41, 5.74) is 0. The molecule has 0 aliphatic carbocycles. The molecule has 12 heavy (non-hydrogen) atoms. The largest absolute Gasteiger partial charge is 0.394 e. The van der Waals surface area contributed by atoms with Gasteiger partial charge in [0.25, 0.3) is 0 Å². The third-order valence-corrected chi connectivity index (χ3v) is 1.05. The van der Waals surface area contributed by atoms with Gasteiger partial charge in [-0.1, -0.05) is 0 Å². The Kier molecular flexibility index (Phi) is 5.94. The van der Waals surface area contributed by atoms with Gasteiger partial charge in [0.15, 0.2) is 0 Å². The number of hydrogen-bond acceptors (Lipinski definition) is 6. The minimum Gasteiger partial charge on any atom is -0.394 e. The molecule has 0 aromatic heterocycles. The lowest BCUT2D eigenvalue weighted by atomic mass is 10.4. The highest BCUT2D eigenvalue weighted by Crippen LogP contribution is 1.91. The van der Waals surface area contributed by atoms with Gasteiger partial charge in [-0.05, 0) is 0 Å². The van der Waals surface area contributed by atoms with Crippen molar-refractivity contribution in [2.45, 2.75) is 12.1 Å². The zero-order valence-electron chi connectivity index (χ0n) is 6.33. The Hall–Kier alpha value is -1.14. The van der Waals surface area contributed by atoms with Crippen LogP contribution in [0.25, 0.3) is 0 Å². The molecule has 0 aliphatic rings. The van der Waals surface area contributed by atoms with Gasteiger partial charge in [0.2, 0.25) is 0 Å². The van der Waals surface area contributed by atoms with Crippen molar-refractivity contribution in [2.75, 3.05) is 13.2 Å². The number of aldehydes is 2. The molecule has 0 radical (unpaired) electrons. The Morgan fingerprint density at radius 2 is 1.33 bits per heavy atom. The highest BCUT2D eigenvalue weighted by atomic mass is 16.3. The van der Waals surface area contributed by atoms with Gasteiger partial charge in [0.05, 0.1) is 13.2 Å². The number of hydrogen-bond donors (Lipinski definition) is 2. The summed E-state index contributed by atoms with van der Waals surface area (Å²) in [6, 6.07) is -1.89. The molecule has 6 nitrogen and oxygen atoms in total. The first-order valence-electron chi connectivity index (χ1n) is 3.30. The molecule has 0 aromatic rings. The van der Waals surface area contributed by atoms with Crippen LogP contribution in [-0.4, -0.2) is 48.1 Å². The zero-order valence-corrected chi connectivity index (χ0v) is 6.33. The Labute approximate surface area is 68.9 Å². The average molecular weight is 174 g/mol. The van der Waals surface area contributed by atoms with Crippen LogP contribution in [0.2, 0.25) is 0 Å². The lowest BCUT2D eigenvalue weighted by Gasteiger charge is -1.99. The number of aliphatic hydroxyl groups is 2. The number of carbonyl (C=O) groups is 2. The van der Waals surface area contributed by atoms with Crippen LogP contribution in [0.5, 0.6) is 0 Å². The molecule has 0 bridgehead atoms. The van der Waals surface area contributed by atoms with Gasteiger partial charge in [-0.15, -0.1) is 0 Å². The summed E-state index contributed by atoms with van der Waals surface area (Å²) in [6.45, 7) is -0.909. The van der Waals surface area contributed by atoms with Crippen LogP contribution in [0.15, 0.2) is 10.2 Å². The molecule has 0 saturated heterocycles. The predicted octanol–water partition coefficient (Wildman–Crippen LogP) is -1.44. The molecule has 0 fully saturated rings. The summed E-state index contributed by atoms with van der Waals surface area (Å²) in [6.07, 6.45) is 0.811. The first-order valence-corrected chi connectivity index (χ1v) is 3.30. The van der Waals surface area contributed by atoms with Crippen molar-refractivity contribution in [3.05, 3.63) is 0 Å². The van der Waals surface area contributed by atoms with Gasteiger partial charge >= 0.3 is 0 Å². The van der Waals surface area contributed by atoms with E-state index in [0.29, 0.717) is 12.6 Å². The maximum Gasteiger partial charge on any atom is 0.149 e. The first-order chi connectivity index (χ1) is 5.78. The lowest BCUT2D eigenvalue weighted by Crippen LogP contribution is -2.15. The Bertz CT molecular complexity index is 153. The number of aliphatic hydroxyl groups excluding tert-OH is 2. The summed E-state index contributed by atoms with van der Waals surface area (Å²) in [5.74, 6) is 0. The van der Waals surface area contributed by atoms with Gasteiger partial charge in [-0.25, -0.2) is 0 Å². The third-order valence-electron chi connectivity index (χ3n) is 1.05. The first kappa shape index (κ1) is 10.9. The molecule has 68 valence electrons. The molecule has 0 unspecified atom stereocenters. The smallest absolute Gasteiger partial charge is 0.149 e. The van der Waals surface area contributed by atoms with Crippen molar-refractivity contribution in [3.8, 4) is 0 Å². The SMILES string of the molecule is O=C[C@H](CO)N=N[C@H](C=O)CO. The van der Waals surface area contributed by atoms with E-state index in [2.05, 4.69) is 10.2 Å². The van der Waals surface area contributed by atoms with E-state index < -0.39 is 25.3 Å². The van der Waals surface area contributed by atoms with E-state index in [1.54, 1.807) is 0 Å². The molecular weight excluding hydrogens is 164 g/mol. The molecule has 0 amide bonds. The third kappa shape index (κ3) is 3.89. The topological polar surface area (TPSA) is 99.3 Å². The standard InChI is InChI=1S/C6H10N2O4/c9-1-5(2-10)7-8-6(3-11)4-12/h1,3,5-6,10,12H,2,4H2/t5-,6-/m1/s1. The summed E-state index contributed by atoms with van der Waals surface area (Å²) in [7, 11) is 0. The summed E-state index contributed by atoms with van der Waals surface area (Å²) in [5, 5.41) is 23.5. The summed E-state index contributed by atoms with van der Waals surface area (Å²) >= 11 is 0. The number of rotatable bonds is 6. The van der Waals surface area contributed by atoms with Gasteiger partial charge < -0.3 is 19.8 Å². The Morgan fingerprint density at radius 3 is 1.50 bits per heavy atom. The maximum atomic E-state index is 10.1. The van der Waals surface area contributed by atoms with Gasteiger partial charge in [-0.2, -0.15) is 10.2 Å². The van der Waals surface area contributed by atoms with Crippen molar-refractivity contribution in [2.24, 2.45) is 10.2 Å². The average Bonchev–Trinajstić information content (AvgIpc) is 2.13. The van der Waals surface area contributed by atoms with Crippen LogP contribution in [0.3, 0.4) is 0 Å². The molecular formula is C6H10N2O4. The molecule has 6 heteroatoms. The fourth-order valence-corrected chi connectivity index (χ4v) is 0.385. The molecule has 0 aliphatic heterocycles. The Balaban J connectivity index is 3.99. The fraction of sp³-hybridized carbons (Fsp3) is 0.667. The number of carbonyl (C=O) groups excluding carboxylic acids is 2. The normalized spacial score (nSPS) is 15.8. The van der Waals surface area contributed by atoms with Crippen molar-refractivity contribution < 1.29 is 19.8 Å². The van der Waals surface area contributed by atoms with Crippen LogP contribution in [0.1, 0.15) is 0 Å². The highest BCUT2D eigenvalue weighted by Gasteiger charge is 2.05. The predicted molar refractivity (Wildman–Crippen MR) is 38.7 cm³/mol. The van der Waals surface area contributed by atoms with Crippen LogP contribution in [0.4, 0.5) is 0 Å². The monoisotopic (exact) mass is 174 g/mol. The van der Waals surface area contributed by atoms with E-state index in [4.69, 9.17) is 10.2 Å². The molecule has 0 saturated carbocycles. The minimum atomic E-state index is -0.945. The molecule has 0 spiro atoms. The maximum absolute atomic E-state index is 10.1. The number of nitrogens with zero attached hydrogens (tertiary/aromatic N) is 2. The summed E-state index contributed by atoms with van der Waals surface area (Å²) < 4.78 is 0. The molecule has 0 aromatic carbocycles. The van der Waals surface area contributed by atoms with Crippen molar-refractivity contribution >= 4 is 12.6 Å². The fourth-order valence-electron chi connectivity index (χ4n) is 0.385. The quantitative estimate of drug-likeness (QED) is 0.380. The van der Waals surface area contributed by atoms with E-state index in [1.165, 1.54) is 0 Å². The van der Waals surface area contributed by atoms with Crippen molar-refractivity contribution in [1.29, 1.82) is 0 Å². The second-order valence-electron chi connectivity index (χ2n) is 2.00. The van der Waals surface area contributed by atoms with Crippen LogP contribution >= 0.6 is 0 Å². The van der Waals surface area contributed by atoms with E-state index in [0.717, 1.165) is 0 Å². The molecule has 0 heterocycles. The van der Waals surface area contributed by atoms with Crippen molar-refractivity contribution in [3.63, 3.8) is 0 Å². The summed E-state index contributed by atoms with van der Waals surface area (Å²) in [4.78, 5) is 20.1. The van der Waals surface area contributed by atoms with E-state index in [-0.39, 0.29) is 0 Å². The van der Waals surface area contributed by atoms with Crippen molar-refractivity contribution in [1.82, 2.24) is 0 Å². The molecule has 0 rings (SSSR count). The molecule has 2 N–H and O–H groups in total. The van der Waals surface area contributed by atoms with Crippen LogP contribution < -0.4 is 0 Å². The van der Waals surface area contributed by atoms with Gasteiger partial charge in [-0.3, -0.25) is 0 Å². The van der Waals surface area contributed by atoms with Crippen LogP contribution in [0, 0.1) is 0 Å². The Morgan fingerprint density at radius 1 is 1.00 bits per heavy atom. The number of azo groups is 1. The second kappa shape index (κ2) is 6.56. The molecule has 2 atom stereocenters. The second-order valence-corrected chi connectivity index (χ2v) is 2.00. The van der Waals surface area contributed by atoms with E-state index >= 15 is 0 Å². The minimum absolute atomic E-state index is 0.405.